The van der Waals surface area contributed by atoms with E-state index in [0.29, 0.717) is 19.0 Å². The molecule has 1 aliphatic heterocycles. The maximum Gasteiger partial charge on any atom is 0.243 e. The minimum atomic E-state index is -3.58. The van der Waals surface area contributed by atoms with E-state index in [9.17, 15) is 16.8 Å². The number of piperidine rings is 1. The molecule has 3 rings (SSSR count). The van der Waals surface area contributed by atoms with Crippen LogP contribution < -0.4 is 0 Å². The van der Waals surface area contributed by atoms with E-state index < -0.39 is 19.9 Å². The summed E-state index contributed by atoms with van der Waals surface area (Å²) >= 11 is 0. The number of nitrogens with zero attached hydrogens (tertiary/aromatic N) is 1. The van der Waals surface area contributed by atoms with Gasteiger partial charge in [0.1, 0.15) is 0 Å². The Morgan fingerprint density at radius 2 is 1.39 bits per heavy atom. The zero-order valence-electron chi connectivity index (χ0n) is 16.3. The molecule has 0 saturated carbocycles. The van der Waals surface area contributed by atoms with Gasteiger partial charge in [0.15, 0.2) is 9.84 Å². The first-order chi connectivity index (χ1) is 13.2. The van der Waals surface area contributed by atoms with Gasteiger partial charge in [0.05, 0.1) is 9.79 Å². The van der Waals surface area contributed by atoms with Crippen LogP contribution in [0.4, 0.5) is 0 Å². The molecule has 0 spiro atoms. The number of sulfone groups is 1. The Kier molecular flexibility index (Phi) is 6.27. The summed E-state index contributed by atoms with van der Waals surface area (Å²) in [6, 6.07) is 14.1. The number of benzene rings is 2. The third kappa shape index (κ3) is 5.01. The number of hydrogen-bond donors (Lipinski definition) is 0. The third-order valence-corrected chi connectivity index (χ3v) is 8.47. The summed E-state index contributed by atoms with van der Waals surface area (Å²) in [5.41, 5.74) is 2.58. The molecule has 0 radical (unpaired) electrons. The Hall–Kier alpha value is -1.70. The Morgan fingerprint density at radius 3 is 1.93 bits per heavy atom. The van der Waals surface area contributed by atoms with Gasteiger partial charge in [0.2, 0.25) is 10.0 Å². The summed E-state index contributed by atoms with van der Waals surface area (Å²) in [5, 5.41) is 0. The fourth-order valence-corrected chi connectivity index (χ4v) is 5.67. The smallest absolute Gasteiger partial charge is 0.224 e. The molecule has 0 N–H and O–H groups in total. The van der Waals surface area contributed by atoms with E-state index in [2.05, 4.69) is 31.2 Å². The van der Waals surface area contributed by atoms with Crippen LogP contribution in [0.15, 0.2) is 58.3 Å². The Morgan fingerprint density at radius 1 is 0.857 bits per heavy atom. The summed E-state index contributed by atoms with van der Waals surface area (Å²) in [7, 11) is -6.92. The van der Waals surface area contributed by atoms with Crippen molar-refractivity contribution in [2.75, 3.05) is 19.3 Å². The minimum absolute atomic E-state index is 0.126. The van der Waals surface area contributed by atoms with E-state index in [1.165, 1.54) is 39.7 Å². The molecule has 152 valence electrons. The van der Waals surface area contributed by atoms with E-state index in [1.807, 2.05) is 0 Å². The van der Waals surface area contributed by atoms with E-state index in [0.717, 1.165) is 31.9 Å². The number of aryl methyl sites for hydroxylation is 2. The maximum absolute atomic E-state index is 12.8. The van der Waals surface area contributed by atoms with E-state index in [4.69, 9.17) is 0 Å². The number of rotatable bonds is 6. The van der Waals surface area contributed by atoms with Crippen LogP contribution in [0.5, 0.6) is 0 Å². The minimum Gasteiger partial charge on any atom is -0.224 e. The lowest BCUT2D eigenvalue weighted by Crippen LogP contribution is -2.38. The fourth-order valence-electron chi connectivity index (χ4n) is 3.57. The van der Waals surface area contributed by atoms with Crippen LogP contribution in [0.1, 0.15) is 30.4 Å². The van der Waals surface area contributed by atoms with E-state index in [1.54, 1.807) is 0 Å². The zero-order chi connectivity index (χ0) is 20.4. The van der Waals surface area contributed by atoms with Gasteiger partial charge in [-0.05, 0) is 68.4 Å². The molecule has 0 amide bonds. The molecule has 5 nitrogen and oxygen atoms in total. The first-order valence-corrected chi connectivity index (χ1v) is 12.9. The SMILES string of the molecule is Cc1ccc(CCC2CCN(S(=O)(=O)c3ccc(S(C)(=O)=O)cc3)CC2)cc1. The summed E-state index contributed by atoms with van der Waals surface area (Å²) in [6.07, 6.45) is 4.90. The van der Waals surface area contributed by atoms with Crippen molar-refractivity contribution in [1.29, 1.82) is 0 Å². The topological polar surface area (TPSA) is 71.5 Å². The average Bonchev–Trinajstić information content (AvgIpc) is 2.67. The highest BCUT2D eigenvalue weighted by atomic mass is 32.2. The molecule has 7 heteroatoms. The number of hydrogen-bond acceptors (Lipinski definition) is 4. The molecule has 0 bridgehead atoms. The third-order valence-electron chi connectivity index (χ3n) is 5.43. The quantitative estimate of drug-likeness (QED) is 0.716. The maximum atomic E-state index is 12.8. The molecule has 28 heavy (non-hydrogen) atoms. The van der Waals surface area contributed by atoms with Gasteiger partial charge in [-0.1, -0.05) is 29.8 Å². The molecule has 0 atom stereocenters. The van der Waals surface area contributed by atoms with Crippen molar-refractivity contribution in [3.8, 4) is 0 Å². The summed E-state index contributed by atoms with van der Waals surface area (Å²) in [5.74, 6) is 0.528. The molecule has 1 heterocycles. The lowest BCUT2D eigenvalue weighted by Gasteiger charge is -2.31. The molecule has 1 fully saturated rings. The Labute approximate surface area is 168 Å². The van der Waals surface area contributed by atoms with Gasteiger partial charge in [-0.25, -0.2) is 16.8 Å². The molecule has 1 aliphatic rings. The number of sulfonamides is 1. The normalized spacial score (nSPS) is 16.9. The molecule has 2 aromatic carbocycles. The second-order valence-electron chi connectivity index (χ2n) is 7.62. The van der Waals surface area contributed by atoms with Crippen molar-refractivity contribution in [2.45, 2.75) is 42.4 Å². The monoisotopic (exact) mass is 421 g/mol. The highest BCUT2D eigenvalue weighted by Gasteiger charge is 2.29. The largest absolute Gasteiger partial charge is 0.243 e. The van der Waals surface area contributed by atoms with Crippen LogP contribution in [-0.2, 0) is 26.3 Å². The summed E-state index contributed by atoms with van der Waals surface area (Å²) < 4.78 is 50.3. The van der Waals surface area contributed by atoms with Crippen molar-refractivity contribution in [2.24, 2.45) is 5.92 Å². The molecule has 0 aliphatic carbocycles. The van der Waals surface area contributed by atoms with Crippen LogP contribution in [-0.4, -0.2) is 40.5 Å². The van der Waals surface area contributed by atoms with Gasteiger partial charge in [0.25, 0.3) is 0 Å². The second kappa shape index (κ2) is 8.35. The van der Waals surface area contributed by atoms with Crippen molar-refractivity contribution < 1.29 is 16.8 Å². The fraction of sp³-hybridized carbons (Fsp3) is 0.429. The highest BCUT2D eigenvalue weighted by Crippen LogP contribution is 2.27. The molecule has 0 aromatic heterocycles. The predicted octanol–water partition coefficient (Wildman–Crippen LogP) is 3.43. The van der Waals surface area contributed by atoms with Gasteiger partial charge in [-0.3, -0.25) is 0 Å². The Balaban J connectivity index is 1.58. The summed E-state index contributed by atoms with van der Waals surface area (Å²) in [4.78, 5) is 0.277. The Bertz CT molecular complexity index is 1000. The van der Waals surface area contributed by atoms with E-state index >= 15 is 0 Å². The van der Waals surface area contributed by atoms with Crippen LogP contribution in [0.25, 0.3) is 0 Å². The average molecular weight is 422 g/mol. The molecule has 1 saturated heterocycles. The summed E-state index contributed by atoms with van der Waals surface area (Å²) in [6.45, 7) is 3.10. The van der Waals surface area contributed by atoms with Gasteiger partial charge in [0, 0.05) is 19.3 Å². The lowest BCUT2D eigenvalue weighted by atomic mass is 9.91. The van der Waals surface area contributed by atoms with Gasteiger partial charge >= 0.3 is 0 Å². The lowest BCUT2D eigenvalue weighted by molar-refractivity contribution is 0.263. The van der Waals surface area contributed by atoms with Gasteiger partial charge in [-0.15, -0.1) is 0 Å². The second-order valence-corrected chi connectivity index (χ2v) is 11.6. The van der Waals surface area contributed by atoms with Gasteiger partial charge in [-0.2, -0.15) is 4.31 Å². The molecular weight excluding hydrogens is 394 g/mol. The van der Waals surface area contributed by atoms with Gasteiger partial charge < -0.3 is 0 Å². The first kappa shape index (κ1) is 21.0. The van der Waals surface area contributed by atoms with Crippen molar-refractivity contribution in [3.05, 3.63) is 59.7 Å². The van der Waals surface area contributed by atoms with Crippen LogP contribution in [0.3, 0.4) is 0 Å². The van der Waals surface area contributed by atoms with E-state index in [-0.39, 0.29) is 9.79 Å². The van der Waals surface area contributed by atoms with Crippen molar-refractivity contribution in [3.63, 3.8) is 0 Å². The van der Waals surface area contributed by atoms with Crippen LogP contribution in [0, 0.1) is 12.8 Å². The standard InChI is InChI=1S/C21H27NO4S2/c1-17-3-5-18(6-4-17)7-8-19-13-15-22(16-14-19)28(25,26)21-11-9-20(10-12-21)27(2,23)24/h3-6,9-12,19H,7-8,13-16H2,1-2H3. The van der Waals surface area contributed by atoms with Crippen LogP contribution >= 0.6 is 0 Å². The van der Waals surface area contributed by atoms with Crippen molar-refractivity contribution in [1.82, 2.24) is 4.31 Å². The molecule has 0 unspecified atom stereocenters. The van der Waals surface area contributed by atoms with Crippen LogP contribution in [0.2, 0.25) is 0 Å². The molecule has 2 aromatic rings. The van der Waals surface area contributed by atoms with Crippen molar-refractivity contribution >= 4 is 19.9 Å². The highest BCUT2D eigenvalue weighted by molar-refractivity contribution is 7.90. The zero-order valence-corrected chi connectivity index (χ0v) is 18.0. The predicted molar refractivity (Wildman–Crippen MR) is 111 cm³/mol. The molecular formula is C21H27NO4S2. The first-order valence-electron chi connectivity index (χ1n) is 9.52.